The van der Waals surface area contributed by atoms with Gasteiger partial charge in [0, 0.05) is 17.7 Å². The molecule has 0 saturated heterocycles. The Morgan fingerprint density at radius 1 is 1.14 bits per heavy atom. The first-order chi connectivity index (χ1) is 10.2. The van der Waals surface area contributed by atoms with E-state index < -0.39 is 0 Å². The predicted molar refractivity (Wildman–Crippen MR) is 93.1 cm³/mol. The number of aryl methyl sites for hydroxylation is 1. The van der Waals surface area contributed by atoms with Crippen LogP contribution in [0.5, 0.6) is 0 Å². The van der Waals surface area contributed by atoms with Crippen molar-refractivity contribution in [1.29, 1.82) is 0 Å². The molecule has 0 aliphatic carbocycles. The van der Waals surface area contributed by atoms with Gasteiger partial charge in [-0.2, -0.15) is 0 Å². The number of hydrogen-bond acceptors (Lipinski definition) is 3. The zero-order valence-corrected chi connectivity index (χ0v) is 13.6. The Morgan fingerprint density at radius 3 is 2.50 bits per heavy atom. The summed E-state index contributed by atoms with van der Waals surface area (Å²) in [7, 11) is 0. The Bertz CT molecular complexity index is 599. The van der Waals surface area contributed by atoms with E-state index in [1.165, 1.54) is 0 Å². The van der Waals surface area contributed by atoms with Crippen LogP contribution in [0.1, 0.15) is 25.3 Å². The number of carbonyl (C=O) groups excluding carboxylic acids is 1. The van der Waals surface area contributed by atoms with Gasteiger partial charge in [-0.15, -0.1) is 12.4 Å². The van der Waals surface area contributed by atoms with Crippen LogP contribution in [0.3, 0.4) is 0 Å². The van der Waals surface area contributed by atoms with Gasteiger partial charge in [-0.25, -0.2) is 0 Å². The van der Waals surface area contributed by atoms with Gasteiger partial charge in [0.05, 0.1) is 6.61 Å². The fourth-order valence-electron chi connectivity index (χ4n) is 2.18. The first-order valence-electron chi connectivity index (χ1n) is 7.30. The van der Waals surface area contributed by atoms with Crippen molar-refractivity contribution in [3.8, 4) is 11.1 Å². The van der Waals surface area contributed by atoms with Crippen LogP contribution in [0.4, 0.5) is 5.69 Å². The van der Waals surface area contributed by atoms with Crippen molar-refractivity contribution in [3.63, 3.8) is 0 Å². The Balaban J connectivity index is 0.00000242. The Hall–Kier alpha value is -2.00. The summed E-state index contributed by atoms with van der Waals surface area (Å²) >= 11 is 0. The summed E-state index contributed by atoms with van der Waals surface area (Å²) in [5.74, 6) is -0.150. The molecular weight excluding hydrogens is 298 g/mol. The fraction of sp³-hybridized carbons (Fsp3) is 0.278. The number of nitrogens with two attached hydrogens (primary N) is 1. The first-order valence-corrected chi connectivity index (χ1v) is 7.30. The highest BCUT2D eigenvalue weighted by molar-refractivity contribution is 5.85. The van der Waals surface area contributed by atoms with Gasteiger partial charge in [0.25, 0.3) is 0 Å². The molecule has 118 valence electrons. The number of anilines is 1. The van der Waals surface area contributed by atoms with E-state index in [1.54, 1.807) is 0 Å². The number of ether oxygens (including phenoxy) is 1. The number of benzene rings is 2. The quantitative estimate of drug-likeness (QED) is 0.640. The molecule has 0 heterocycles. The lowest BCUT2D eigenvalue weighted by atomic mass is 10.00. The van der Waals surface area contributed by atoms with E-state index in [4.69, 9.17) is 10.5 Å². The number of hydrogen-bond donors (Lipinski definition) is 1. The zero-order valence-electron chi connectivity index (χ0n) is 12.7. The highest BCUT2D eigenvalue weighted by atomic mass is 35.5. The van der Waals surface area contributed by atoms with Crippen molar-refractivity contribution in [2.45, 2.75) is 26.2 Å². The van der Waals surface area contributed by atoms with Crippen LogP contribution < -0.4 is 5.73 Å². The van der Waals surface area contributed by atoms with Crippen LogP contribution in [0.15, 0.2) is 48.5 Å². The molecule has 0 aliphatic heterocycles. The first kappa shape index (κ1) is 18.1. The molecule has 0 fully saturated rings. The molecular formula is C18H22ClNO2. The largest absolute Gasteiger partial charge is 0.466 e. The highest BCUT2D eigenvalue weighted by Gasteiger charge is 2.06. The molecule has 2 aromatic rings. The van der Waals surface area contributed by atoms with Crippen LogP contribution >= 0.6 is 12.4 Å². The predicted octanol–water partition coefficient (Wildman–Crippen LogP) is 4.24. The number of nitrogen functional groups attached to an aromatic ring is 1. The lowest BCUT2D eigenvalue weighted by Crippen LogP contribution is -2.06. The lowest BCUT2D eigenvalue weighted by Gasteiger charge is -2.09. The minimum atomic E-state index is -0.150. The topological polar surface area (TPSA) is 52.3 Å². The molecule has 0 spiro atoms. The maximum Gasteiger partial charge on any atom is 0.306 e. The zero-order chi connectivity index (χ0) is 15.1. The van der Waals surface area contributed by atoms with E-state index in [-0.39, 0.29) is 18.4 Å². The SMILES string of the molecule is CCCOC(=O)CCc1ccc(-c2ccccc2)c(N)c1.Cl. The van der Waals surface area contributed by atoms with Crippen molar-refractivity contribution in [3.05, 3.63) is 54.1 Å². The monoisotopic (exact) mass is 319 g/mol. The summed E-state index contributed by atoms with van der Waals surface area (Å²) in [6.07, 6.45) is 1.90. The van der Waals surface area contributed by atoms with Gasteiger partial charge in [-0.05, 0) is 30.0 Å². The van der Waals surface area contributed by atoms with E-state index in [0.29, 0.717) is 19.4 Å². The van der Waals surface area contributed by atoms with Crippen LogP contribution in [-0.4, -0.2) is 12.6 Å². The molecule has 0 unspecified atom stereocenters. The third-order valence-corrected chi connectivity index (χ3v) is 3.29. The summed E-state index contributed by atoms with van der Waals surface area (Å²) < 4.78 is 5.07. The van der Waals surface area contributed by atoms with Crippen molar-refractivity contribution in [2.75, 3.05) is 12.3 Å². The van der Waals surface area contributed by atoms with Crippen LogP contribution in [0.25, 0.3) is 11.1 Å². The van der Waals surface area contributed by atoms with Gasteiger partial charge in [-0.1, -0.05) is 49.4 Å². The molecule has 0 aliphatic rings. The maximum atomic E-state index is 11.5. The third-order valence-electron chi connectivity index (χ3n) is 3.29. The molecule has 0 aromatic heterocycles. The molecule has 2 N–H and O–H groups in total. The van der Waals surface area contributed by atoms with E-state index in [1.807, 2.05) is 55.5 Å². The van der Waals surface area contributed by atoms with Crippen LogP contribution in [-0.2, 0) is 16.0 Å². The standard InChI is InChI=1S/C18H21NO2.ClH/c1-2-12-21-18(20)11-9-14-8-10-16(17(19)13-14)15-6-4-3-5-7-15;/h3-8,10,13H,2,9,11-12,19H2,1H3;1H. The van der Waals surface area contributed by atoms with E-state index in [9.17, 15) is 4.79 Å². The second-order valence-electron chi connectivity index (χ2n) is 5.01. The Kier molecular flexibility index (Phi) is 7.47. The number of esters is 1. The second kappa shape index (κ2) is 9.11. The highest BCUT2D eigenvalue weighted by Crippen LogP contribution is 2.26. The second-order valence-corrected chi connectivity index (χ2v) is 5.01. The molecule has 0 bridgehead atoms. The average molecular weight is 320 g/mol. The van der Waals surface area contributed by atoms with Crippen molar-refractivity contribution in [1.82, 2.24) is 0 Å². The molecule has 0 saturated carbocycles. The molecule has 0 amide bonds. The average Bonchev–Trinajstić information content (AvgIpc) is 2.52. The fourth-order valence-corrected chi connectivity index (χ4v) is 2.18. The molecule has 0 atom stereocenters. The van der Waals surface area contributed by atoms with Gasteiger partial charge in [-0.3, -0.25) is 4.79 Å². The van der Waals surface area contributed by atoms with Crippen molar-refractivity contribution < 1.29 is 9.53 Å². The van der Waals surface area contributed by atoms with Crippen LogP contribution in [0.2, 0.25) is 0 Å². The normalized spacial score (nSPS) is 9.86. The number of halogens is 1. The van der Waals surface area contributed by atoms with E-state index in [2.05, 4.69) is 0 Å². The smallest absolute Gasteiger partial charge is 0.306 e. The molecule has 2 aromatic carbocycles. The number of carbonyl (C=O) groups is 1. The van der Waals surface area contributed by atoms with E-state index in [0.717, 1.165) is 28.8 Å². The summed E-state index contributed by atoms with van der Waals surface area (Å²) in [5.41, 5.74) is 10.0. The van der Waals surface area contributed by atoms with Gasteiger partial charge < -0.3 is 10.5 Å². The minimum absolute atomic E-state index is 0. The lowest BCUT2D eigenvalue weighted by molar-refractivity contribution is -0.143. The minimum Gasteiger partial charge on any atom is -0.466 e. The molecule has 0 radical (unpaired) electrons. The maximum absolute atomic E-state index is 11.5. The Labute approximate surface area is 137 Å². The Morgan fingerprint density at radius 2 is 1.86 bits per heavy atom. The third kappa shape index (κ3) is 5.08. The van der Waals surface area contributed by atoms with Gasteiger partial charge >= 0.3 is 5.97 Å². The molecule has 22 heavy (non-hydrogen) atoms. The van der Waals surface area contributed by atoms with E-state index >= 15 is 0 Å². The van der Waals surface area contributed by atoms with Gasteiger partial charge in [0.2, 0.25) is 0 Å². The van der Waals surface area contributed by atoms with Gasteiger partial charge in [0.1, 0.15) is 0 Å². The summed E-state index contributed by atoms with van der Waals surface area (Å²) in [5, 5.41) is 0. The van der Waals surface area contributed by atoms with Crippen molar-refractivity contribution in [2.24, 2.45) is 0 Å². The molecule has 4 heteroatoms. The van der Waals surface area contributed by atoms with Crippen molar-refractivity contribution >= 4 is 24.1 Å². The van der Waals surface area contributed by atoms with Gasteiger partial charge in [0.15, 0.2) is 0 Å². The summed E-state index contributed by atoms with van der Waals surface area (Å²) in [6, 6.07) is 16.0. The molecule has 2 rings (SSSR count). The molecule has 3 nitrogen and oxygen atoms in total. The number of rotatable bonds is 6. The summed E-state index contributed by atoms with van der Waals surface area (Å²) in [6.45, 7) is 2.48. The summed E-state index contributed by atoms with van der Waals surface area (Å²) in [4.78, 5) is 11.5. The van der Waals surface area contributed by atoms with Crippen LogP contribution in [0, 0.1) is 0 Å².